The first-order valence-electron chi connectivity index (χ1n) is 9.47. The molecule has 0 amide bonds. The van der Waals surface area contributed by atoms with Crippen molar-refractivity contribution in [2.24, 2.45) is 0 Å². The summed E-state index contributed by atoms with van der Waals surface area (Å²) in [6, 6.07) is 28.9. The van der Waals surface area contributed by atoms with Gasteiger partial charge in [-0.15, -0.1) is 0 Å². The number of nitrogens with zero attached hydrogens (tertiary/aromatic N) is 2. The summed E-state index contributed by atoms with van der Waals surface area (Å²) >= 11 is 0. The third-order valence-electron chi connectivity index (χ3n) is 4.76. The highest BCUT2D eigenvalue weighted by molar-refractivity contribution is 5.64. The van der Waals surface area contributed by atoms with Crippen LogP contribution in [-0.2, 0) is 13.1 Å². The Bertz CT molecular complexity index is 1010. The summed E-state index contributed by atoms with van der Waals surface area (Å²) in [6.07, 6.45) is 2.14. The molecule has 0 aliphatic carbocycles. The van der Waals surface area contributed by atoms with Gasteiger partial charge in [0, 0.05) is 17.3 Å². The smallest absolute Gasteiger partial charge is 0.118 e. The van der Waals surface area contributed by atoms with Gasteiger partial charge in [-0.2, -0.15) is 5.10 Å². The monoisotopic (exact) mass is 370 g/mol. The number of para-hydroxylation sites is 1. The first-order valence-corrected chi connectivity index (χ1v) is 9.47. The Morgan fingerprint density at radius 1 is 0.821 bits per heavy atom. The molecule has 0 unspecified atom stereocenters. The normalized spacial score (nSPS) is 10.8. The Labute approximate surface area is 165 Å². The number of quaternary nitrogens is 1. The van der Waals surface area contributed by atoms with Crippen LogP contribution in [0.4, 0.5) is 0 Å². The van der Waals surface area contributed by atoms with E-state index in [9.17, 15) is 0 Å². The molecule has 140 valence electrons. The molecule has 0 aliphatic rings. The highest BCUT2D eigenvalue weighted by Crippen LogP contribution is 2.25. The van der Waals surface area contributed by atoms with E-state index in [0.717, 1.165) is 35.8 Å². The lowest BCUT2D eigenvalue weighted by Gasteiger charge is -2.04. The molecular formula is C24H24N3O+. The van der Waals surface area contributed by atoms with Crippen LogP contribution in [0.1, 0.15) is 11.1 Å². The highest BCUT2D eigenvalue weighted by atomic mass is 16.5. The third-order valence-corrected chi connectivity index (χ3v) is 4.76. The van der Waals surface area contributed by atoms with E-state index in [4.69, 9.17) is 9.84 Å². The zero-order valence-electron chi connectivity index (χ0n) is 16.0. The number of nitrogens with two attached hydrogens (primary N) is 1. The minimum atomic E-state index is 0.850. The Balaban J connectivity index is 1.61. The van der Waals surface area contributed by atoms with E-state index in [1.54, 1.807) is 7.11 Å². The molecule has 1 aromatic heterocycles. The summed E-state index contributed by atoms with van der Waals surface area (Å²) in [5, 5.41) is 7.20. The van der Waals surface area contributed by atoms with Crippen LogP contribution in [0.3, 0.4) is 0 Å². The quantitative estimate of drug-likeness (QED) is 0.538. The van der Waals surface area contributed by atoms with Gasteiger partial charge >= 0.3 is 0 Å². The van der Waals surface area contributed by atoms with Crippen LogP contribution < -0.4 is 10.1 Å². The van der Waals surface area contributed by atoms with Crippen molar-refractivity contribution in [1.29, 1.82) is 0 Å². The fourth-order valence-electron chi connectivity index (χ4n) is 3.27. The van der Waals surface area contributed by atoms with Crippen LogP contribution in [0.5, 0.6) is 5.75 Å². The van der Waals surface area contributed by atoms with Crippen molar-refractivity contribution in [2.45, 2.75) is 13.1 Å². The molecule has 0 fully saturated rings. The van der Waals surface area contributed by atoms with Crippen molar-refractivity contribution in [3.05, 3.63) is 102 Å². The zero-order valence-corrected chi connectivity index (χ0v) is 16.0. The highest BCUT2D eigenvalue weighted by Gasteiger charge is 2.14. The summed E-state index contributed by atoms with van der Waals surface area (Å²) in [4.78, 5) is 0. The number of methoxy groups -OCH3 is 1. The standard InChI is InChI=1S/C24H23N3O/c1-28-23-14-12-20(13-15-23)24-21(17-25-16-19-8-4-2-5-9-19)18-27(26-24)22-10-6-3-7-11-22/h2-15,18,25H,16-17H2,1H3/p+1. The van der Waals surface area contributed by atoms with E-state index in [2.05, 4.69) is 66.1 Å². The molecule has 0 spiro atoms. The minimum Gasteiger partial charge on any atom is -0.497 e. The van der Waals surface area contributed by atoms with Gasteiger partial charge in [-0.25, -0.2) is 4.68 Å². The number of rotatable bonds is 7. The van der Waals surface area contributed by atoms with Crippen molar-refractivity contribution in [3.8, 4) is 22.7 Å². The van der Waals surface area contributed by atoms with Crippen molar-refractivity contribution in [2.75, 3.05) is 7.11 Å². The summed E-state index contributed by atoms with van der Waals surface area (Å²) < 4.78 is 7.26. The SMILES string of the molecule is COc1ccc(-c2nn(-c3ccccc3)cc2C[NH2+]Cc2ccccc2)cc1. The zero-order chi connectivity index (χ0) is 19.2. The fourth-order valence-corrected chi connectivity index (χ4v) is 3.27. The van der Waals surface area contributed by atoms with E-state index in [1.165, 1.54) is 11.1 Å². The summed E-state index contributed by atoms with van der Waals surface area (Å²) in [7, 11) is 1.68. The molecule has 0 aliphatic heterocycles. The van der Waals surface area contributed by atoms with E-state index >= 15 is 0 Å². The van der Waals surface area contributed by atoms with E-state index in [0.29, 0.717) is 0 Å². The number of aromatic nitrogens is 2. The van der Waals surface area contributed by atoms with Gasteiger partial charge in [0.1, 0.15) is 24.5 Å². The molecule has 4 rings (SSSR count). The largest absolute Gasteiger partial charge is 0.497 e. The van der Waals surface area contributed by atoms with Crippen LogP contribution >= 0.6 is 0 Å². The van der Waals surface area contributed by atoms with Gasteiger partial charge in [-0.05, 0) is 36.4 Å². The van der Waals surface area contributed by atoms with E-state index in [1.807, 2.05) is 35.0 Å². The topological polar surface area (TPSA) is 43.7 Å². The average molecular weight is 370 g/mol. The van der Waals surface area contributed by atoms with E-state index in [-0.39, 0.29) is 0 Å². The van der Waals surface area contributed by atoms with Crippen molar-refractivity contribution in [3.63, 3.8) is 0 Å². The molecule has 3 aromatic carbocycles. The van der Waals surface area contributed by atoms with Crippen LogP contribution in [0.25, 0.3) is 16.9 Å². The number of hydrogen-bond donors (Lipinski definition) is 1. The Kier molecular flexibility index (Phi) is 5.50. The molecule has 2 N–H and O–H groups in total. The molecule has 0 saturated heterocycles. The molecule has 4 heteroatoms. The minimum absolute atomic E-state index is 0.850. The Morgan fingerprint density at radius 2 is 1.50 bits per heavy atom. The lowest BCUT2D eigenvalue weighted by molar-refractivity contribution is -0.686. The number of ether oxygens (including phenoxy) is 1. The molecule has 1 heterocycles. The summed E-state index contributed by atoms with van der Waals surface area (Å²) in [6.45, 7) is 1.81. The van der Waals surface area contributed by atoms with Gasteiger partial charge < -0.3 is 10.1 Å². The molecule has 0 radical (unpaired) electrons. The second-order valence-corrected chi connectivity index (χ2v) is 6.69. The predicted octanol–water partition coefficient (Wildman–Crippen LogP) is 3.81. The Hall–Kier alpha value is -3.37. The van der Waals surface area contributed by atoms with Gasteiger partial charge in [0.25, 0.3) is 0 Å². The summed E-state index contributed by atoms with van der Waals surface area (Å²) in [5.41, 5.74) is 5.70. The van der Waals surface area contributed by atoms with Crippen LogP contribution in [0.2, 0.25) is 0 Å². The maximum absolute atomic E-state index is 5.29. The predicted molar refractivity (Wildman–Crippen MR) is 111 cm³/mol. The van der Waals surface area contributed by atoms with Gasteiger partial charge in [0.2, 0.25) is 0 Å². The van der Waals surface area contributed by atoms with Crippen molar-refractivity contribution in [1.82, 2.24) is 9.78 Å². The molecule has 0 atom stereocenters. The molecule has 0 bridgehead atoms. The van der Waals surface area contributed by atoms with Crippen LogP contribution in [0, 0.1) is 0 Å². The van der Waals surface area contributed by atoms with Gasteiger partial charge in [0.15, 0.2) is 0 Å². The third kappa shape index (κ3) is 4.13. The van der Waals surface area contributed by atoms with Crippen LogP contribution in [0.15, 0.2) is 91.1 Å². The molecule has 4 nitrogen and oxygen atoms in total. The van der Waals surface area contributed by atoms with Gasteiger partial charge in [0.05, 0.1) is 18.4 Å². The van der Waals surface area contributed by atoms with E-state index < -0.39 is 0 Å². The average Bonchev–Trinajstić information content (AvgIpc) is 3.19. The number of benzene rings is 3. The molecule has 0 saturated carbocycles. The maximum atomic E-state index is 5.29. The Morgan fingerprint density at radius 3 is 2.18 bits per heavy atom. The molecule has 28 heavy (non-hydrogen) atoms. The lowest BCUT2D eigenvalue weighted by Crippen LogP contribution is -2.80. The fraction of sp³-hybridized carbons (Fsp3) is 0.125. The second kappa shape index (κ2) is 8.55. The second-order valence-electron chi connectivity index (χ2n) is 6.69. The molecule has 4 aromatic rings. The maximum Gasteiger partial charge on any atom is 0.118 e. The lowest BCUT2D eigenvalue weighted by atomic mass is 10.1. The molecular weight excluding hydrogens is 346 g/mol. The summed E-state index contributed by atoms with van der Waals surface area (Å²) in [5.74, 6) is 0.850. The first-order chi connectivity index (χ1) is 13.8. The van der Waals surface area contributed by atoms with Crippen LogP contribution in [-0.4, -0.2) is 16.9 Å². The first kappa shape index (κ1) is 18.0. The van der Waals surface area contributed by atoms with Gasteiger partial charge in [-0.1, -0.05) is 48.5 Å². The van der Waals surface area contributed by atoms with Crippen molar-refractivity contribution < 1.29 is 10.1 Å². The van der Waals surface area contributed by atoms with Crippen molar-refractivity contribution >= 4 is 0 Å². The number of hydrogen-bond acceptors (Lipinski definition) is 2. The van der Waals surface area contributed by atoms with Gasteiger partial charge in [-0.3, -0.25) is 0 Å².